The highest BCUT2D eigenvalue weighted by Crippen LogP contribution is 2.40. The Morgan fingerprint density at radius 3 is 1.15 bits per heavy atom. The third-order valence-electron chi connectivity index (χ3n) is 12.5. The van der Waals surface area contributed by atoms with E-state index >= 15 is 9.13 Å². The molecule has 0 fully saturated rings. The third kappa shape index (κ3) is 19.9. The van der Waals surface area contributed by atoms with Crippen LogP contribution >= 0.6 is 30.8 Å². The van der Waals surface area contributed by atoms with Crippen LogP contribution in [0.25, 0.3) is 11.2 Å². The van der Waals surface area contributed by atoms with E-state index < -0.39 is 74.5 Å². The molecule has 0 saturated carbocycles. The highest BCUT2D eigenvalue weighted by Gasteiger charge is 2.38. The second kappa shape index (κ2) is 32.3. The van der Waals surface area contributed by atoms with Gasteiger partial charge in [-0.15, -0.1) is 0 Å². The number of nitrogens with zero attached hydrogens (tertiary/aromatic N) is 3. The summed E-state index contributed by atoms with van der Waals surface area (Å²) in [5.74, 6) is -2.84. The molecule has 2 aromatic heterocycles. The molecule has 0 aliphatic rings. The number of rotatable bonds is 35. The lowest BCUT2D eigenvalue weighted by Crippen LogP contribution is -2.46. The van der Waals surface area contributed by atoms with E-state index in [9.17, 15) is 24.0 Å². The second-order valence-corrected chi connectivity index (χ2v) is 24.2. The van der Waals surface area contributed by atoms with E-state index in [4.69, 9.17) is 34.2 Å². The summed E-state index contributed by atoms with van der Waals surface area (Å²) < 4.78 is 67.2. The first-order chi connectivity index (χ1) is 39.1. The van der Waals surface area contributed by atoms with Gasteiger partial charge in [0.15, 0.2) is 15.9 Å². The molecule has 4 aromatic carbocycles. The largest absolute Gasteiger partial charge is 0.465 e. The molecule has 0 saturated heterocycles. The summed E-state index contributed by atoms with van der Waals surface area (Å²) in [6.45, 7) is 5.94. The van der Waals surface area contributed by atoms with Gasteiger partial charge in [-0.25, -0.2) is 25.3 Å². The monoisotopic (exact) mass is 1220 g/mol. The van der Waals surface area contributed by atoms with Crippen molar-refractivity contribution < 1.29 is 56.7 Å². The summed E-state index contributed by atoms with van der Waals surface area (Å²) in [4.78, 5) is 78.9. The summed E-state index contributed by atoms with van der Waals surface area (Å²) in [7, 11) is -8.10. The lowest BCUT2D eigenvalue weighted by molar-refractivity contribution is -0.146. The maximum absolute atomic E-state index is 15.5. The number of nitrogen functional groups attached to an aromatic ring is 1. The summed E-state index contributed by atoms with van der Waals surface area (Å²) >= 11 is 3.48. The molecule has 6 rings (SSSR count). The Morgan fingerprint density at radius 1 is 0.543 bits per heavy atom. The van der Waals surface area contributed by atoms with E-state index in [1.165, 1.54) is 4.57 Å². The minimum absolute atomic E-state index is 0.0513. The summed E-state index contributed by atoms with van der Waals surface area (Å²) in [6, 6.07) is 31.1. The fourth-order valence-electron chi connectivity index (χ4n) is 8.76. The Labute approximate surface area is 479 Å². The Balaban J connectivity index is 1.30. The van der Waals surface area contributed by atoms with Gasteiger partial charge in [0.2, 0.25) is 20.8 Å². The fraction of sp³-hybridized carbons (Fsp3) is 0.411. The molecule has 0 aliphatic carbocycles. The Bertz CT molecular complexity index is 2810. The molecular formula is C56H72BrN9O13P2. The number of carbonyl (C=O) groups is 4. The average molecular weight is 1220 g/mol. The van der Waals surface area contributed by atoms with Crippen LogP contribution in [-0.2, 0) is 82.4 Å². The minimum Gasteiger partial charge on any atom is -0.465 e. The zero-order valence-electron chi connectivity index (χ0n) is 45.8. The Morgan fingerprint density at radius 2 is 0.852 bits per heavy atom. The van der Waals surface area contributed by atoms with Gasteiger partial charge in [-0.2, -0.15) is 4.98 Å². The zero-order chi connectivity index (χ0) is 58.2. The van der Waals surface area contributed by atoms with Crippen molar-refractivity contribution in [2.75, 3.05) is 70.9 Å². The maximum Gasteiger partial charge on any atom is 0.323 e. The van der Waals surface area contributed by atoms with Crippen LogP contribution in [0.1, 0.15) is 56.0 Å². The number of ether oxygens (including phenoxy) is 6. The van der Waals surface area contributed by atoms with Crippen molar-refractivity contribution in [3.05, 3.63) is 159 Å². The molecule has 7 N–H and O–H groups in total. The number of esters is 4. The van der Waals surface area contributed by atoms with Crippen molar-refractivity contribution in [2.24, 2.45) is 0 Å². The average Bonchev–Trinajstić information content (AvgIpc) is 3.84. The van der Waals surface area contributed by atoms with E-state index in [1.54, 1.807) is 27.7 Å². The van der Waals surface area contributed by atoms with Crippen LogP contribution in [0, 0.1) is 0 Å². The van der Waals surface area contributed by atoms with Crippen LogP contribution in [0.3, 0.4) is 0 Å². The molecule has 0 aliphatic heterocycles. The number of halogens is 1. The topological polar surface area (TPSA) is 296 Å². The third-order valence-corrected chi connectivity index (χ3v) is 17.6. The first-order valence-electron chi connectivity index (χ1n) is 26.8. The van der Waals surface area contributed by atoms with E-state index in [1.807, 2.05) is 121 Å². The molecule has 81 heavy (non-hydrogen) atoms. The van der Waals surface area contributed by atoms with Crippen LogP contribution in [0.15, 0.2) is 131 Å². The maximum atomic E-state index is 15.5. The van der Waals surface area contributed by atoms with Crippen molar-refractivity contribution >= 4 is 71.8 Å². The number of H-pyrrole nitrogens is 1. The first-order valence-corrected chi connectivity index (χ1v) is 31.3. The standard InChI is InChI=1S/C56H72BrN9O13P2/c1-5-76-51(68)44(33-39-21-13-9-14-22-39)62-80(72,63-45(52(69)77-6-2)34-40-23-15-10-16-24-40)31-29-74-37-43(66-49-48(59-55(66)57)50(67)61-56(58)60-49)38-75-30-32-81(73,64-46(53(70)78-7-3)35-41-25-17-11-18-26-41)65-47(54(71)79-8-4)36-42-27-19-12-20-28-42/h9-28,43-47H,5-8,29-38H2,1-4H3,(H2,62,63,72)(H2,64,65,73)(H3,58,60,61,67)/t44-,45-,46-,47-/m0/s1. The van der Waals surface area contributed by atoms with Gasteiger partial charge < -0.3 is 34.2 Å². The number of fused-ring (bicyclic) bond motifs is 1. The van der Waals surface area contributed by atoms with Crippen molar-refractivity contribution in [1.29, 1.82) is 0 Å². The smallest absolute Gasteiger partial charge is 0.323 e. The molecule has 22 nitrogen and oxygen atoms in total. The molecule has 0 amide bonds. The number of hydrogen-bond acceptors (Lipinski definition) is 16. The normalized spacial score (nSPS) is 13.3. The number of nitrogens with one attached hydrogen (secondary N) is 5. The predicted octanol–water partition coefficient (Wildman–Crippen LogP) is 6.48. The number of nitrogens with two attached hydrogens (primary N) is 1. The van der Waals surface area contributed by atoms with Crippen LogP contribution in [0.5, 0.6) is 0 Å². The predicted molar refractivity (Wildman–Crippen MR) is 311 cm³/mol. The molecule has 6 aromatic rings. The van der Waals surface area contributed by atoms with Crippen molar-refractivity contribution in [3.63, 3.8) is 0 Å². The highest BCUT2D eigenvalue weighted by molar-refractivity contribution is 9.10. The molecule has 25 heteroatoms. The van der Waals surface area contributed by atoms with Gasteiger partial charge in [0, 0.05) is 0 Å². The van der Waals surface area contributed by atoms with Gasteiger partial charge in [-0.1, -0.05) is 121 Å². The quantitative estimate of drug-likeness (QED) is 0.00815. The van der Waals surface area contributed by atoms with Crippen molar-refractivity contribution in [1.82, 2.24) is 39.9 Å². The SMILES string of the molecule is CCOC(=O)[C@H](Cc1ccccc1)NP(=O)(CCOCC(COCCP(=O)(N[C@@H](Cc1ccccc1)C(=O)OCC)N[C@@H](Cc1ccccc1)C(=O)OCC)n1c(Br)nc2c(=O)[nH]c(N)nc21)N[C@@H](Cc1ccccc1)C(=O)OCC. The number of aromatic nitrogens is 4. The van der Waals surface area contributed by atoms with E-state index in [0.29, 0.717) is 0 Å². The number of aromatic amines is 1. The van der Waals surface area contributed by atoms with E-state index in [2.05, 4.69) is 51.2 Å². The van der Waals surface area contributed by atoms with Crippen LogP contribution in [0.4, 0.5) is 5.95 Å². The number of carbonyl (C=O) groups excluding carboxylic acids is 4. The van der Waals surface area contributed by atoms with E-state index in [0.717, 1.165) is 22.3 Å². The molecule has 0 bridgehead atoms. The lowest BCUT2D eigenvalue weighted by Gasteiger charge is -2.30. The first kappa shape index (κ1) is 63.8. The van der Waals surface area contributed by atoms with E-state index in [-0.39, 0.29) is 113 Å². The summed E-state index contributed by atoms with van der Waals surface area (Å²) in [5.41, 5.74) is 8.46. The fourth-order valence-corrected chi connectivity index (χ4v) is 13.6. The van der Waals surface area contributed by atoms with Crippen LogP contribution in [0.2, 0.25) is 0 Å². The number of anilines is 1. The molecule has 4 atom stereocenters. The molecule has 2 heterocycles. The second-order valence-electron chi connectivity index (χ2n) is 18.6. The minimum atomic E-state index is -4.05. The molecular weight excluding hydrogens is 1150 g/mol. The highest BCUT2D eigenvalue weighted by atomic mass is 79.9. The molecule has 0 radical (unpaired) electrons. The molecule has 436 valence electrons. The van der Waals surface area contributed by atoms with Gasteiger partial charge in [-0.3, -0.25) is 42.7 Å². The molecule has 0 unspecified atom stereocenters. The van der Waals surface area contributed by atoms with Crippen LogP contribution in [-0.4, -0.2) is 133 Å². The Kier molecular flexibility index (Phi) is 25.4. The van der Waals surface area contributed by atoms with Gasteiger partial charge in [0.25, 0.3) is 5.56 Å². The number of imidazole rings is 1. The van der Waals surface area contributed by atoms with Gasteiger partial charge in [0.1, 0.15) is 24.2 Å². The zero-order valence-corrected chi connectivity index (χ0v) is 49.2. The number of hydrogen-bond donors (Lipinski definition) is 6. The van der Waals surface area contributed by atoms with Gasteiger partial charge >= 0.3 is 23.9 Å². The van der Waals surface area contributed by atoms with Gasteiger partial charge in [0.05, 0.1) is 71.2 Å². The summed E-state index contributed by atoms with van der Waals surface area (Å²) in [6.07, 6.45) is -0.176. The Hall–Kier alpha value is -6.39. The lowest BCUT2D eigenvalue weighted by atomic mass is 10.1. The molecule has 0 spiro atoms. The van der Waals surface area contributed by atoms with Crippen LogP contribution < -0.4 is 31.6 Å². The van der Waals surface area contributed by atoms with Crippen molar-refractivity contribution in [2.45, 2.75) is 83.6 Å². The summed E-state index contributed by atoms with van der Waals surface area (Å²) in [5, 5.41) is 12.2. The number of benzene rings is 4. The van der Waals surface area contributed by atoms with Gasteiger partial charge in [-0.05, 0) is 91.6 Å². The van der Waals surface area contributed by atoms with Crippen molar-refractivity contribution in [3.8, 4) is 0 Å².